The third kappa shape index (κ3) is 1.58. The van der Waals surface area contributed by atoms with Gasteiger partial charge in [-0.15, -0.1) is 0 Å². The maximum absolute atomic E-state index is 5.22. The number of methoxy groups -OCH3 is 1. The second kappa shape index (κ2) is 3.62. The minimum absolute atomic E-state index is 0.806. The van der Waals surface area contributed by atoms with E-state index in [-0.39, 0.29) is 0 Å². The molecule has 2 heteroatoms. The topological polar surface area (TPSA) is 9.23 Å². The van der Waals surface area contributed by atoms with E-state index < -0.39 is 0 Å². The Kier molecular flexibility index (Phi) is 2.32. The number of thiophene rings is 1. The number of hydrogen-bond acceptors (Lipinski definition) is 2. The first-order chi connectivity index (χ1) is 6.42. The minimum atomic E-state index is 0.806. The molecule has 1 aromatic heterocycles. The van der Waals surface area contributed by atoms with Crippen LogP contribution in [0.5, 0.6) is 5.75 Å². The summed E-state index contributed by atoms with van der Waals surface area (Å²) in [7, 11) is 1.67. The third-order valence-electron chi connectivity index (χ3n) is 1.85. The molecule has 0 aliphatic rings. The summed E-state index contributed by atoms with van der Waals surface area (Å²) in [4.78, 5) is 0. The summed E-state index contributed by atoms with van der Waals surface area (Å²) in [6, 6.07) is 11.0. The first-order valence-electron chi connectivity index (χ1n) is 3.99. The average molecular weight is 189 g/mol. The number of benzene rings is 1. The lowest BCUT2D eigenvalue weighted by Gasteiger charge is -2.04. The summed E-state index contributed by atoms with van der Waals surface area (Å²) in [5, 5.41) is 4.16. The van der Waals surface area contributed by atoms with E-state index in [0.717, 1.165) is 11.3 Å². The van der Waals surface area contributed by atoms with Gasteiger partial charge in [0, 0.05) is 11.6 Å². The van der Waals surface area contributed by atoms with Gasteiger partial charge in [0.1, 0.15) is 5.75 Å². The van der Waals surface area contributed by atoms with Crippen LogP contribution in [0.25, 0.3) is 11.1 Å². The molecule has 1 heterocycles. The predicted molar refractivity (Wildman–Crippen MR) is 55.1 cm³/mol. The lowest BCUT2D eigenvalue weighted by molar-refractivity contribution is 0.415. The molecule has 0 amide bonds. The molecule has 0 bridgehead atoms. The van der Waals surface area contributed by atoms with Crippen LogP contribution in [0.15, 0.2) is 35.0 Å². The van der Waals surface area contributed by atoms with Crippen molar-refractivity contribution in [3.05, 3.63) is 41.1 Å². The van der Waals surface area contributed by atoms with E-state index in [2.05, 4.69) is 22.9 Å². The van der Waals surface area contributed by atoms with Crippen LogP contribution in [0.2, 0.25) is 0 Å². The molecular formula is C11H9OS. The smallest absolute Gasteiger partial charge is 0.134 e. The highest BCUT2D eigenvalue weighted by Gasteiger charge is 2.03. The van der Waals surface area contributed by atoms with Crippen LogP contribution in [0, 0.1) is 6.07 Å². The number of rotatable bonds is 2. The van der Waals surface area contributed by atoms with Crippen molar-refractivity contribution < 1.29 is 4.74 Å². The van der Waals surface area contributed by atoms with Gasteiger partial charge in [-0.3, -0.25) is 0 Å². The fraction of sp³-hybridized carbons (Fsp3) is 0.0909. The molecule has 0 spiro atoms. The van der Waals surface area contributed by atoms with E-state index >= 15 is 0 Å². The Morgan fingerprint density at radius 1 is 1.38 bits per heavy atom. The van der Waals surface area contributed by atoms with Crippen molar-refractivity contribution in [3.8, 4) is 16.9 Å². The Morgan fingerprint density at radius 2 is 2.31 bits per heavy atom. The molecule has 0 atom stereocenters. The minimum Gasteiger partial charge on any atom is -0.495 e. The highest BCUT2D eigenvalue weighted by atomic mass is 32.1. The van der Waals surface area contributed by atoms with Crippen LogP contribution in [0.4, 0.5) is 0 Å². The molecule has 0 aliphatic heterocycles. The third-order valence-corrected chi connectivity index (χ3v) is 2.54. The molecule has 1 nitrogen and oxygen atoms in total. The van der Waals surface area contributed by atoms with Crippen LogP contribution in [0.1, 0.15) is 0 Å². The van der Waals surface area contributed by atoms with Gasteiger partial charge in [-0.2, -0.15) is 11.3 Å². The zero-order chi connectivity index (χ0) is 9.10. The lowest BCUT2D eigenvalue weighted by Crippen LogP contribution is -1.85. The van der Waals surface area contributed by atoms with Crippen LogP contribution in [0.3, 0.4) is 0 Å². The van der Waals surface area contributed by atoms with Gasteiger partial charge in [-0.1, -0.05) is 18.2 Å². The summed E-state index contributed by atoms with van der Waals surface area (Å²) in [5.74, 6) is 0.806. The van der Waals surface area contributed by atoms with Crippen LogP contribution in [-0.4, -0.2) is 7.11 Å². The van der Waals surface area contributed by atoms with Crippen molar-refractivity contribution in [2.24, 2.45) is 0 Å². The standard InChI is InChI=1S/C11H9OS/c1-12-11-5-3-2-4-10(11)9-6-7-13-8-9/h2-4,6-8H,1H3. The van der Waals surface area contributed by atoms with E-state index in [1.165, 1.54) is 5.56 Å². The molecule has 0 saturated carbocycles. The molecule has 0 aliphatic carbocycles. The van der Waals surface area contributed by atoms with E-state index in [1.54, 1.807) is 18.4 Å². The zero-order valence-corrected chi connectivity index (χ0v) is 8.10. The Morgan fingerprint density at radius 3 is 3.00 bits per heavy atom. The van der Waals surface area contributed by atoms with Gasteiger partial charge in [0.25, 0.3) is 0 Å². The first kappa shape index (κ1) is 8.32. The Balaban J connectivity index is 2.51. The number of ether oxygens (including phenoxy) is 1. The van der Waals surface area contributed by atoms with E-state index in [1.807, 2.05) is 18.2 Å². The monoisotopic (exact) mass is 189 g/mol. The van der Waals surface area contributed by atoms with E-state index in [4.69, 9.17) is 4.74 Å². The molecular weight excluding hydrogens is 180 g/mol. The SMILES string of the molecule is COc1[c]cccc1-c1ccsc1. The summed E-state index contributed by atoms with van der Waals surface area (Å²) < 4.78 is 5.22. The van der Waals surface area contributed by atoms with Crippen molar-refractivity contribution >= 4 is 11.3 Å². The Labute approximate surface area is 81.6 Å². The fourth-order valence-corrected chi connectivity index (χ4v) is 1.89. The van der Waals surface area contributed by atoms with Crippen LogP contribution in [-0.2, 0) is 0 Å². The average Bonchev–Trinajstić information content (AvgIpc) is 2.70. The van der Waals surface area contributed by atoms with E-state index in [0.29, 0.717) is 0 Å². The van der Waals surface area contributed by atoms with Gasteiger partial charge in [-0.25, -0.2) is 0 Å². The number of para-hydroxylation sites is 1. The maximum atomic E-state index is 5.22. The van der Waals surface area contributed by atoms with Crippen LogP contribution < -0.4 is 4.74 Å². The fourth-order valence-electron chi connectivity index (χ4n) is 1.24. The van der Waals surface area contributed by atoms with Gasteiger partial charge in [0.2, 0.25) is 0 Å². The van der Waals surface area contributed by atoms with Crippen molar-refractivity contribution in [1.82, 2.24) is 0 Å². The molecule has 2 aromatic rings. The molecule has 13 heavy (non-hydrogen) atoms. The molecule has 2 rings (SSSR count). The quantitative estimate of drug-likeness (QED) is 0.704. The van der Waals surface area contributed by atoms with Crippen molar-refractivity contribution in [1.29, 1.82) is 0 Å². The largest absolute Gasteiger partial charge is 0.495 e. The van der Waals surface area contributed by atoms with Crippen molar-refractivity contribution in [2.45, 2.75) is 0 Å². The molecule has 1 aromatic carbocycles. The van der Waals surface area contributed by atoms with Crippen molar-refractivity contribution in [3.63, 3.8) is 0 Å². The molecule has 0 unspecified atom stereocenters. The van der Waals surface area contributed by atoms with Gasteiger partial charge in [0.15, 0.2) is 0 Å². The van der Waals surface area contributed by atoms with Gasteiger partial charge < -0.3 is 4.74 Å². The first-order valence-corrected chi connectivity index (χ1v) is 4.93. The van der Waals surface area contributed by atoms with Crippen LogP contribution >= 0.6 is 11.3 Å². The highest BCUT2D eigenvalue weighted by molar-refractivity contribution is 7.08. The molecule has 0 saturated heterocycles. The second-order valence-electron chi connectivity index (χ2n) is 2.63. The van der Waals surface area contributed by atoms with Crippen molar-refractivity contribution in [2.75, 3.05) is 7.11 Å². The molecule has 1 radical (unpaired) electrons. The predicted octanol–water partition coefficient (Wildman–Crippen LogP) is 3.22. The maximum Gasteiger partial charge on any atom is 0.134 e. The highest BCUT2D eigenvalue weighted by Crippen LogP contribution is 2.30. The molecule has 0 N–H and O–H groups in total. The van der Waals surface area contributed by atoms with Gasteiger partial charge in [-0.05, 0) is 22.4 Å². The Hall–Kier alpha value is -1.28. The summed E-state index contributed by atoms with van der Waals surface area (Å²) in [6.45, 7) is 0. The zero-order valence-electron chi connectivity index (χ0n) is 7.28. The molecule has 65 valence electrons. The van der Waals surface area contributed by atoms with Gasteiger partial charge in [0.05, 0.1) is 7.11 Å². The summed E-state index contributed by atoms with van der Waals surface area (Å²) in [6.07, 6.45) is 0. The number of hydrogen-bond donors (Lipinski definition) is 0. The summed E-state index contributed by atoms with van der Waals surface area (Å²) >= 11 is 1.68. The lowest BCUT2D eigenvalue weighted by atomic mass is 10.1. The normalized spacial score (nSPS) is 9.92. The van der Waals surface area contributed by atoms with Gasteiger partial charge >= 0.3 is 0 Å². The Bertz CT molecular complexity index is 379. The summed E-state index contributed by atoms with van der Waals surface area (Å²) in [5.41, 5.74) is 2.30. The van der Waals surface area contributed by atoms with E-state index in [9.17, 15) is 0 Å². The second-order valence-corrected chi connectivity index (χ2v) is 3.41. The molecule has 0 fully saturated rings.